The van der Waals surface area contributed by atoms with Crippen LogP contribution in [0.4, 0.5) is 0 Å². The van der Waals surface area contributed by atoms with Crippen LogP contribution in [0.5, 0.6) is 0 Å². The highest BCUT2D eigenvalue weighted by Gasteiger charge is 2.10. The van der Waals surface area contributed by atoms with Crippen molar-refractivity contribution in [3.63, 3.8) is 0 Å². The van der Waals surface area contributed by atoms with Crippen LogP contribution in [0.2, 0.25) is 0 Å². The molecule has 0 N–H and O–H groups in total. The molecule has 1 heterocycles. The van der Waals surface area contributed by atoms with E-state index in [1.165, 1.54) is 5.56 Å². The van der Waals surface area contributed by atoms with Gasteiger partial charge in [-0.3, -0.25) is 9.88 Å². The molecule has 0 fully saturated rings. The van der Waals surface area contributed by atoms with Gasteiger partial charge in [-0.05, 0) is 31.7 Å². The van der Waals surface area contributed by atoms with Gasteiger partial charge in [-0.2, -0.15) is 0 Å². The molecule has 2 nitrogen and oxygen atoms in total. The van der Waals surface area contributed by atoms with Crippen LogP contribution in [-0.2, 0) is 6.42 Å². The lowest BCUT2D eigenvalue weighted by molar-refractivity contribution is 0.264. The number of rotatable bonds is 5. The summed E-state index contributed by atoms with van der Waals surface area (Å²) in [6.45, 7) is 3.26. The Balaban J connectivity index is 1.90. The van der Waals surface area contributed by atoms with Gasteiger partial charge < -0.3 is 0 Å². The Morgan fingerprint density at radius 2 is 1.78 bits per heavy atom. The van der Waals surface area contributed by atoms with Crippen molar-refractivity contribution in [2.24, 2.45) is 0 Å². The zero-order valence-electron chi connectivity index (χ0n) is 11.1. The van der Waals surface area contributed by atoms with Gasteiger partial charge in [0.15, 0.2) is 0 Å². The van der Waals surface area contributed by atoms with E-state index in [0.717, 1.165) is 18.7 Å². The highest BCUT2D eigenvalue weighted by molar-refractivity contribution is 5.18. The first kappa shape index (κ1) is 12.8. The first-order chi connectivity index (χ1) is 8.77. The van der Waals surface area contributed by atoms with Crippen molar-refractivity contribution in [3.8, 4) is 0 Å². The summed E-state index contributed by atoms with van der Waals surface area (Å²) < 4.78 is 0. The molecule has 18 heavy (non-hydrogen) atoms. The third-order valence-corrected chi connectivity index (χ3v) is 3.39. The second-order valence-corrected chi connectivity index (χ2v) is 4.64. The van der Waals surface area contributed by atoms with Gasteiger partial charge in [-0.25, -0.2) is 0 Å². The van der Waals surface area contributed by atoms with E-state index in [4.69, 9.17) is 0 Å². The summed E-state index contributed by atoms with van der Waals surface area (Å²) in [6, 6.07) is 17.1. The van der Waals surface area contributed by atoms with Crippen molar-refractivity contribution in [1.29, 1.82) is 0 Å². The van der Waals surface area contributed by atoms with E-state index >= 15 is 0 Å². The fraction of sp³-hybridized carbons (Fsp3) is 0.312. The van der Waals surface area contributed by atoms with Gasteiger partial charge in [0.05, 0.1) is 0 Å². The maximum absolute atomic E-state index is 4.36. The number of nitrogens with zero attached hydrogens (tertiary/aromatic N) is 2. The van der Waals surface area contributed by atoms with Gasteiger partial charge in [-0.1, -0.05) is 36.4 Å². The minimum Gasteiger partial charge on any atom is -0.299 e. The molecule has 94 valence electrons. The fourth-order valence-electron chi connectivity index (χ4n) is 2.02. The van der Waals surface area contributed by atoms with Crippen LogP contribution in [-0.4, -0.2) is 23.5 Å². The van der Waals surface area contributed by atoms with Crippen molar-refractivity contribution in [1.82, 2.24) is 9.88 Å². The van der Waals surface area contributed by atoms with Gasteiger partial charge in [-0.15, -0.1) is 0 Å². The molecule has 0 saturated heterocycles. The Bertz CT molecular complexity index is 453. The number of likely N-dealkylation sites (N-methyl/N-ethyl adjacent to an activating group) is 1. The molecule has 0 saturated carbocycles. The van der Waals surface area contributed by atoms with Gasteiger partial charge in [0.2, 0.25) is 0 Å². The van der Waals surface area contributed by atoms with Crippen LogP contribution in [0, 0.1) is 0 Å². The minimum absolute atomic E-state index is 0.440. The molecule has 2 heteroatoms. The lowest BCUT2D eigenvalue weighted by Gasteiger charge is -2.24. The summed E-state index contributed by atoms with van der Waals surface area (Å²) in [6.07, 6.45) is 2.85. The van der Waals surface area contributed by atoms with E-state index in [1.54, 1.807) is 0 Å². The minimum atomic E-state index is 0.440. The third kappa shape index (κ3) is 3.41. The molecule has 1 aromatic heterocycles. The monoisotopic (exact) mass is 240 g/mol. The molecule has 1 aromatic carbocycles. The largest absolute Gasteiger partial charge is 0.299 e. The highest BCUT2D eigenvalue weighted by Crippen LogP contribution is 2.18. The Morgan fingerprint density at radius 1 is 1.06 bits per heavy atom. The van der Waals surface area contributed by atoms with Crippen molar-refractivity contribution >= 4 is 0 Å². The molecule has 1 unspecified atom stereocenters. The predicted octanol–water partition coefficient (Wildman–Crippen LogP) is 3.32. The lowest BCUT2D eigenvalue weighted by Crippen LogP contribution is -2.25. The molecule has 0 aliphatic carbocycles. The van der Waals surface area contributed by atoms with Crippen LogP contribution in [0.15, 0.2) is 54.7 Å². The molecular weight excluding hydrogens is 220 g/mol. The number of benzene rings is 1. The second-order valence-electron chi connectivity index (χ2n) is 4.64. The van der Waals surface area contributed by atoms with Gasteiger partial charge in [0, 0.05) is 30.9 Å². The van der Waals surface area contributed by atoms with Crippen molar-refractivity contribution in [2.75, 3.05) is 13.6 Å². The second kappa shape index (κ2) is 6.31. The zero-order valence-corrected chi connectivity index (χ0v) is 11.1. The van der Waals surface area contributed by atoms with Crippen LogP contribution >= 0.6 is 0 Å². The van der Waals surface area contributed by atoms with Crippen LogP contribution in [0.25, 0.3) is 0 Å². The van der Waals surface area contributed by atoms with E-state index in [2.05, 4.69) is 60.3 Å². The number of hydrogen-bond donors (Lipinski definition) is 0. The molecule has 2 rings (SSSR count). The molecule has 0 bridgehead atoms. The quantitative estimate of drug-likeness (QED) is 0.797. The van der Waals surface area contributed by atoms with Gasteiger partial charge in [0.1, 0.15) is 0 Å². The Kier molecular flexibility index (Phi) is 4.48. The average Bonchev–Trinajstić information content (AvgIpc) is 2.46. The Labute approximate surface area is 109 Å². The van der Waals surface area contributed by atoms with Crippen molar-refractivity contribution < 1.29 is 0 Å². The normalized spacial score (nSPS) is 12.6. The number of aromatic nitrogens is 1. The molecule has 0 aliphatic rings. The molecule has 0 spiro atoms. The van der Waals surface area contributed by atoms with E-state index in [9.17, 15) is 0 Å². The molecule has 0 aliphatic heterocycles. The summed E-state index contributed by atoms with van der Waals surface area (Å²) >= 11 is 0. The summed E-state index contributed by atoms with van der Waals surface area (Å²) in [5.41, 5.74) is 2.52. The highest BCUT2D eigenvalue weighted by atomic mass is 15.1. The Morgan fingerprint density at radius 3 is 2.44 bits per heavy atom. The van der Waals surface area contributed by atoms with Crippen molar-refractivity contribution in [2.45, 2.75) is 19.4 Å². The van der Waals surface area contributed by atoms with Crippen LogP contribution in [0.1, 0.15) is 24.2 Å². The maximum Gasteiger partial charge on any atom is 0.0416 e. The van der Waals surface area contributed by atoms with Crippen LogP contribution in [0.3, 0.4) is 0 Å². The van der Waals surface area contributed by atoms with E-state index in [-0.39, 0.29) is 0 Å². The average molecular weight is 240 g/mol. The van der Waals surface area contributed by atoms with Crippen LogP contribution < -0.4 is 0 Å². The molecule has 0 amide bonds. The summed E-state index contributed by atoms with van der Waals surface area (Å²) in [5, 5.41) is 0. The summed E-state index contributed by atoms with van der Waals surface area (Å²) in [7, 11) is 2.17. The summed E-state index contributed by atoms with van der Waals surface area (Å²) in [4.78, 5) is 6.72. The Hall–Kier alpha value is -1.67. The number of hydrogen-bond acceptors (Lipinski definition) is 2. The van der Waals surface area contributed by atoms with E-state index in [1.807, 2.05) is 18.3 Å². The van der Waals surface area contributed by atoms with E-state index < -0.39 is 0 Å². The summed E-state index contributed by atoms with van der Waals surface area (Å²) in [5.74, 6) is 0. The van der Waals surface area contributed by atoms with E-state index in [0.29, 0.717) is 6.04 Å². The lowest BCUT2D eigenvalue weighted by atomic mass is 10.1. The predicted molar refractivity (Wildman–Crippen MR) is 75.4 cm³/mol. The zero-order chi connectivity index (χ0) is 12.8. The topological polar surface area (TPSA) is 16.1 Å². The first-order valence-corrected chi connectivity index (χ1v) is 6.42. The molecular formula is C16H20N2. The number of pyridine rings is 1. The SMILES string of the molecule is CC(c1ccccc1)N(C)CCc1ccccn1. The molecule has 1 atom stereocenters. The first-order valence-electron chi connectivity index (χ1n) is 6.42. The van der Waals surface area contributed by atoms with Gasteiger partial charge >= 0.3 is 0 Å². The third-order valence-electron chi connectivity index (χ3n) is 3.39. The maximum atomic E-state index is 4.36. The standard InChI is InChI=1S/C16H20N2/c1-14(15-8-4-3-5-9-15)18(2)13-11-16-10-6-7-12-17-16/h3-10,12,14H,11,13H2,1-2H3. The fourth-order valence-corrected chi connectivity index (χ4v) is 2.02. The smallest absolute Gasteiger partial charge is 0.0416 e. The molecule has 0 radical (unpaired) electrons. The molecule has 2 aromatic rings. The van der Waals surface area contributed by atoms with Crippen molar-refractivity contribution in [3.05, 3.63) is 66.0 Å². The van der Waals surface area contributed by atoms with Gasteiger partial charge in [0.25, 0.3) is 0 Å².